The van der Waals surface area contributed by atoms with Crippen LogP contribution in [0.5, 0.6) is 0 Å². The molecule has 3 N–H and O–H groups in total. The summed E-state index contributed by atoms with van der Waals surface area (Å²) in [6, 6.07) is 8.30. The van der Waals surface area contributed by atoms with Gasteiger partial charge in [0.05, 0.1) is 6.61 Å². The van der Waals surface area contributed by atoms with Crippen molar-refractivity contribution in [2.45, 2.75) is 25.9 Å². The van der Waals surface area contributed by atoms with Crippen LogP contribution in [0.1, 0.15) is 18.9 Å². The minimum absolute atomic E-state index is 0.253. The van der Waals surface area contributed by atoms with E-state index in [1.54, 1.807) is 0 Å². The highest BCUT2D eigenvalue weighted by atomic mass is 16.3. The molecule has 0 radical (unpaired) electrons. The number of rotatable bonds is 3. The van der Waals surface area contributed by atoms with Gasteiger partial charge in [-0.05, 0) is 36.6 Å². The number of nitrogens with two attached hydrogens (primary N) is 1. The molecule has 0 aliphatic carbocycles. The third-order valence-electron chi connectivity index (χ3n) is 3.52. The number of likely N-dealkylation sites (tertiary alicyclic amines) is 1. The van der Waals surface area contributed by atoms with Crippen LogP contribution >= 0.6 is 0 Å². The number of benzene rings is 1. The van der Waals surface area contributed by atoms with Crippen LogP contribution in [0.2, 0.25) is 0 Å². The molecule has 2 atom stereocenters. The van der Waals surface area contributed by atoms with Gasteiger partial charge >= 0.3 is 0 Å². The average Bonchev–Trinajstić information content (AvgIpc) is 2.59. The Morgan fingerprint density at radius 2 is 2.31 bits per heavy atom. The first kappa shape index (κ1) is 11.4. The van der Waals surface area contributed by atoms with Crippen molar-refractivity contribution in [3.05, 3.63) is 29.8 Å². The summed E-state index contributed by atoms with van der Waals surface area (Å²) in [5.74, 6) is 0.589. The van der Waals surface area contributed by atoms with E-state index in [4.69, 9.17) is 5.73 Å². The maximum atomic E-state index is 9.37. The van der Waals surface area contributed by atoms with Gasteiger partial charge in [-0.2, -0.15) is 0 Å². The van der Waals surface area contributed by atoms with E-state index < -0.39 is 0 Å². The van der Waals surface area contributed by atoms with Crippen molar-refractivity contribution in [3.8, 4) is 0 Å². The van der Waals surface area contributed by atoms with Gasteiger partial charge in [0.2, 0.25) is 0 Å². The van der Waals surface area contributed by atoms with Crippen molar-refractivity contribution < 1.29 is 5.11 Å². The lowest BCUT2D eigenvalue weighted by atomic mass is 10.0. The Morgan fingerprint density at radius 1 is 1.50 bits per heavy atom. The van der Waals surface area contributed by atoms with Gasteiger partial charge in [0.25, 0.3) is 0 Å². The second-order valence-corrected chi connectivity index (χ2v) is 4.73. The zero-order valence-corrected chi connectivity index (χ0v) is 9.76. The van der Waals surface area contributed by atoms with Gasteiger partial charge in [-0.15, -0.1) is 0 Å². The van der Waals surface area contributed by atoms with E-state index in [-0.39, 0.29) is 6.61 Å². The van der Waals surface area contributed by atoms with Crippen molar-refractivity contribution in [1.29, 1.82) is 0 Å². The summed E-state index contributed by atoms with van der Waals surface area (Å²) in [4.78, 5) is 2.35. The van der Waals surface area contributed by atoms with Crippen LogP contribution in [0.15, 0.2) is 24.3 Å². The molecule has 1 saturated heterocycles. The zero-order valence-electron chi connectivity index (χ0n) is 9.76. The van der Waals surface area contributed by atoms with E-state index >= 15 is 0 Å². The second kappa shape index (κ2) is 4.85. The maximum absolute atomic E-state index is 9.37. The van der Waals surface area contributed by atoms with Crippen LogP contribution in [0.4, 0.5) is 5.69 Å². The predicted octanol–water partition coefficient (Wildman–Crippen LogP) is 1.47. The fraction of sp³-hybridized carbons (Fsp3) is 0.538. The van der Waals surface area contributed by atoms with Crippen LogP contribution < -0.4 is 5.73 Å². The fourth-order valence-corrected chi connectivity index (χ4v) is 2.51. The SMILES string of the molecule is CC1CCN(Cc2cccc(N)c2)C1CO. The van der Waals surface area contributed by atoms with Crippen LogP contribution in [-0.4, -0.2) is 29.2 Å². The third kappa shape index (κ3) is 2.36. The Balaban J connectivity index is 2.04. The zero-order chi connectivity index (χ0) is 11.5. The Hall–Kier alpha value is -1.06. The topological polar surface area (TPSA) is 49.5 Å². The standard InChI is InChI=1S/C13H20N2O/c1-10-5-6-15(13(10)9-16)8-11-3-2-4-12(14)7-11/h2-4,7,10,13,16H,5-6,8-9,14H2,1H3. The molecule has 3 nitrogen and oxygen atoms in total. The van der Waals surface area contributed by atoms with Crippen molar-refractivity contribution in [3.63, 3.8) is 0 Å². The minimum Gasteiger partial charge on any atom is -0.399 e. The molecule has 0 saturated carbocycles. The molecular weight excluding hydrogens is 200 g/mol. The smallest absolute Gasteiger partial charge is 0.0589 e. The normalized spacial score (nSPS) is 26.1. The van der Waals surface area contributed by atoms with Gasteiger partial charge in [0.1, 0.15) is 0 Å². The van der Waals surface area contributed by atoms with Crippen LogP contribution in [-0.2, 0) is 6.54 Å². The molecule has 88 valence electrons. The lowest BCUT2D eigenvalue weighted by Crippen LogP contribution is -2.34. The summed E-state index contributed by atoms with van der Waals surface area (Å²) < 4.78 is 0. The summed E-state index contributed by atoms with van der Waals surface area (Å²) in [5, 5.41) is 9.37. The van der Waals surface area contributed by atoms with Crippen molar-refractivity contribution in [2.75, 3.05) is 18.9 Å². The van der Waals surface area contributed by atoms with Gasteiger partial charge in [-0.3, -0.25) is 4.90 Å². The number of anilines is 1. The Bertz CT molecular complexity index is 354. The van der Waals surface area contributed by atoms with E-state index in [0.717, 1.165) is 18.8 Å². The Labute approximate surface area is 96.9 Å². The summed E-state index contributed by atoms with van der Waals surface area (Å²) in [7, 11) is 0. The maximum Gasteiger partial charge on any atom is 0.0589 e. The third-order valence-corrected chi connectivity index (χ3v) is 3.52. The van der Waals surface area contributed by atoms with E-state index in [1.807, 2.05) is 18.2 Å². The largest absolute Gasteiger partial charge is 0.399 e. The molecule has 1 fully saturated rings. The molecule has 0 spiro atoms. The number of nitrogen functional groups attached to an aromatic ring is 1. The van der Waals surface area contributed by atoms with Gasteiger partial charge in [-0.25, -0.2) is 0 Å². The van der Waals surface area contributed by atoms with E-state index in [2.05, 4.69) is 17.9 Å². The van der Waals surface area contributed by atoms with Gasteiger partial charge in [-0.1, -0.05) is 19.1 Å². The minimum atomic E-state index is 0.253. The molecule has 1 aliphatic heterocycles. The highest BCUT2D eigenvalue weighted by Crippen LogP contribution is 2.25. The Morgan fingerprint density at radius 3 is 3.00 bits per heavy atom. The predicted molar refractivity (Wildman–Crippen MR) is 65.9 cm³/mol. The number of nitrogens with zero attached hydrogens (tertiary/aromatic N) is 1. The summed E-state index contributed by atoms with van der Waals surface area (Å²) >= 11 is 0. The van der Waals surface area contributed by atoms with Crippen LogP contribution in [0.25, 0.3) is 0 Å². The molecule has 16 heavy (non-hydrogen) atoms. The molecular formula is C13H20N2O. The first-order valence-corrected chi connectivity index (χ1v) is 5.90. The lowest BCUT2D eigenvalue weighted by Gasteiger charge is -2.25. The molecule has 0 amide bonds. The second-order valence-electron chi connectivity index (χ2n) is 4.73. The van der Waals surface area contributed by atoms with Crippen LogP contribution in [0, 0.1) is 5.92 Å². The first-order chi connectivity index (χ1) is 7.70. The molecule has 0 bridgehead atoms. The number of aliphatic hydroxyl groups excluding tert-OH is 1. The molecule has 0 aromatic heterocycles. The number of hydrogen-bond acceptors (Lipinski definition) is 3. The van der Waals surface area contributed by atoms with E-state index in [9.17, 15) is 5.11 Å². The first-order valence-electron chi connectivity index (χ1n) is 5.90. The van der Waals surface area contributed by atoms with Gasteiger partial charge in [0.15, 0.2) is 0 Å². The molecule has 3 heteroatoms. The highest BCUT2D eigenvalue weighted by Gasteiger charge is 2.30. The molecule has 1 aromatic rings. The molecule has 1 aromatic carbocycles. The van der Waals surface area contributed by atoms with Crippen molar-refractivity contribution in [1.82, 2.24) is 4.90 Å². The fourth-order valence-electron chi connectivity index (χ4n) is 2.51. The van der Waals surface area contributed by atoms with Crippen LogP contribution in [0.3, 0.4) is 0 Å². The quantitative estimate of drug-likeness (QED) is 0.758. The molecule has 1 heterocycles. The summed E-state index contributed by atoms with van der Waals surface area (Å²) in [6.45, 7) is 4.42. The molecule has 1 aliphatic rings. The highest BCUT2D eigenvalue weighted by molar-refractivity contribution is 5.40. The van der Waals surface area contributed by atoms with E-state index in [1.165, 1.54) is 12.0 Å². The van der Waals surface area contributed by atoms with Crippen molar-refractivity contribution >= 4 is 5.69 Å². The average molecular weight is 220 g/mol. The molecule has 2 rings (SSSR count). The van der Waals surface area contributed by atoms with Gasteiger partial charge in [0, 0.05) is 18.3 Å². The summed E-state index contributed by atoms with van der Waals surface area (Å²) in [5.41, 5.74) is 7.80. The van der Waals surface area contributed by atoms with E-state index in [0.29, 0.717) is 12.0 Å². The molecule has 2 unspecified atom stereocenters. The monoisotopic (exact) mass is 220 g/mol. The Kier molecular flexibility index (Phi) is 3.46. The lowest BCUT2D eigenvalue weighted by molar-refractivity contribution is 0.134. The summed E-state index contributed by atoms with van der Waals surface area (Å²) in [6.07, 6.45) is 1.17. The van der Waals surface area contributed by atoms with Crippen molar-refractivity contribution in [2.24, 2.45) is 5.92 Å². The van der Waals surface area contributed by atoms with Gasteiger partial charge < -0.3 is 10.8 Å². The number of aliphatic hydroxyl groups is 1. The number of hydrogen-bond donors (Lipinski definition) is 2.